The molecule has 4 heteroatoms. The summed E-state index contributed by atoms with van der Waals surface area (Å²) in [6.07, 6.45) is 0. The van der Waals surface area contributed by atoms with Gasteiger partial charge in [0.25, 0.3) is 0 Å². The number of hydrogen-bond donors (Lipinski definition) is 3. The molecule has 0 spiro atoms. The van der Waals surface area contributed by atoms with Crippen molar-refractivity contribution in [3.05, 3.63) is 65.5 Å². The number of fused-ring (bicyclic) bond motifs is 2. The van der Waals surface area contributed by atoms with Gasteiger partial charge in [-0.15, -0.1) is 0 Å². The maximum Gasteiger partial charge on any atom is 0.225 e. The largest absolute Gasteiger partial charge is 0.397 e. The van der Waals surface area contributed by atoms with Crippen LogP contribution in [0.4, 0.5) is 5.69 Å². The molecular weight excluding hydrogens is 274 g/mol. The van der Waals surface area contributed by atoms with E-state index in [9.17, 15) is 4.79 Å². The number of rotatable bonds is 2. The average Bonchev–Trinajstić information content (AvgIpc) is 3.11. The topological polar surface area (TPSA) is 74.7 Å². The Bertz CT molecular complexity index is 941. The Morgan fingerprint density at radius 3 is 2.55 bits per heavy atom. The van der Waals surface area contributed by atoms with E-state index in [2.05, 4.69) is 9.97 Å². The number of aryl methyl sites for hydroxylation is 1. The van der Waals surface area contributed by atoms with Gasteiger partial charge in [-0.05, 0) is 36.8 Å². The van der Waals surface area contributed by atoms with Crippen molar-refractivity contribution in [2.24, 2.45) is 0 Å². The van der Waals surface area contributed by atoms with E-state index in [1.807, 2.05) is 55.5 Å². The standard InChI is InChI=1S/C18H15N3O/c1-10-4-2-7-14-12(10)9-16(20-14)18(22)15-8-11-5-3-6-13(19)17(11)21-15/h2-9,20-21H,19H2,1H3. The highest BCUT2D eigenvalue weighted by Crippen LogP contribution is 2.24. The highest BCUT2D eigenvalue weighted by Gasteiger charge is 2.15. The van der Waals surface area contributed by atoms with E-state index < -0.39 is 0 Å². The van der Waals surface area contributed by atoms with Crippen LogP contribution in [0.15, 0.2) is 48.5 Å². The highest BCUT2D eigenvalue weighted by molar-refractivity contribution is 6.12. The van der Waals surface area contributed by atoms with Crippen LogP contribution in [0.25, 0.3) is 21.8 Å². The zero-order chi connectivity index (χ0) is 15.3. The van der Waals surface area contributed by atoms with Crippen LogP contribution >= 0.6 is 0 Å². The molecule has 108 valence electrons. The molecule has 0 aliphatic heterocycles. The maximum atomic E-state index is 12.7. The molecule has 0 unspecified atom stereocenters. The van der Waals surface area contributed by atoms with Crippen molar-refractivity contribution in [1.82, 2.24) is 9.97 Å². The number of anilines is 1. The first-order chi connectivity index (χ1) is 10.6. The minimum atomic E-state index is -0.0637. The summed E-state index contributed by atoms with van der Waals surface area (Å²) in [5, 5.41) is 2.01. The molecule has 4 nitrogen and oxygen atoms in total. The lowest BCUT2D eigenvalue weighted by Crippen LogP contribution is -2.01. The first-order valence-electron chi connectivity index (χ1n) is 7.14. The number of H-pyrrole nitrogens is 2. The zero-order valence-electron chi connectivity index (χ0n) is 12.1. The molecule has 0 amide bonds. The summed E-state index contributed by atoms with van der Waals surface area (Å²) in [7, 11) is 0. The molecule has 4 N–H and O–H groups in total. The number of aromatic amines is 2. The Kier molecular flexibility index (Phi) is 2.60. The molecule has 2 aromatic carbocycles. The SMILES string of the molecule is Cc1cccc2[nH]c(C(=O)c3cc4cccc(N)c4[nH]3)cc12. The van der Waals surface area contributed by atoms with Crippen molar-refractivity contribution in [3.63, 3.8) is 0 Å². The molecule has 2 heterocycles. The van der Waals surface area contributed by atoms with Gasteiger partial charge >= 0.3 is 0 Å². The van der Waals surface area contributed by atoms with Crippen LogP contribution < -0.4 is 5.73 Å². The summed E-state index contributed by atoms with van der Waals surface area (Å²) in [6.45, 7) is 2.04. The number of nitrogens with two attached hydrogens (primary N) is 1. The van der Waals surface area contributed by atoms with Crippen molar-refractivity contribution in [1.29, 1.82) is 0 Å². The number of carbonyl (C=O) groups is 1. The number of aromatic nitrogens is 2. The number of para-hydroxylation sites is 1. The molecule has 4 aromatic rings. The van der Waals surface area contributed by atoms with Gasteiger partial charge in [-0.1, -0.05) is 24.3 Å². The molecule has 0 radical (unpaired) electrons. The van der Waals surface area contributed by atoms with Gasteiger partial charge in [-0.2, -0.15) is 0 Å². The second-order valence-electron chi connectivity index (χ2n) is 5.54. The van der Waals surface area contributed by atoms with E-state index >= 15 is 0 Å². The average molecular weight is 289 g/mol. The molecule has 22 heavy (non-hydrogen) atoms. The summed E-state index contributed by atoms with van der Waals surface area (Å²) in [5.74, 6) is -0.0637. The number of nitrogens with one attached hydrogen (secondary N) is 2. The second-order valence-corrected chi connectivity index (χ2v) is 5.54. The lowest BCUT2D eigenvalue weighted by atomic mass is 10.1. The maximum absolute atomic E-state index is 12.7. The van der Waals surface area contributed by atoms with Crippen molar-refractivity contribution in [3.8, 4) is 0 Å². The quantitative estimate of drug-likeness (QED) is 0.388. The zero-order valence-corrected chi connectivity index (χ0v) is 12.1. The Morgan fingerprint density at radius 1 is 1.00 bits per heavy atom. The molecule has 2 aromatic heterocycles. The van der Waals surface area contributed by atoms with Gasteiger partial charge in [0.1, 0.15) is 0 Å². The molecule has 0 saturated heterocycles. The lowest BCUT2D eigenvalue weighted by Gasteiger charge is -1.95. The van der Waals surface area contributed by atoms with Crippen LogP contribution in [0.5, 0.6) is 0 Å². The summed E-state index contributed by atoms with van der Waals surface area (Å²) in [6, 6.07) is 15.4. The fourth-order valence-electron chi connectivity index (χ4n) is 2.88. The van der Waals surface area contributed by atoms with Gasteiger partial charge < -0.3 is 15.7 Å². The second kappa shape index (κ2) is 4.49. The van der Waals surface area contributed by atoms with Crippen LogP contribution in [0.2, 0.25) is 0 Å². The summed E-state index contributed by atoms with van der Waals surface area (Å²) < 4.78 is 0. The van der Waals surface area contributed by atoms with Gasteiger partial charge in [-0.25, -0.2) is 0 Å². The van der Waals surface area contributed by atoms with Crippen molar-refractivity contribution < 1.29 is 4.79 Å². The predicted octanol–water partition coefficient (Wildman–Crippen LogP) is 3.77. The van der Waals surface area contributed by atoms with Gasteiger partial charge in [-0.3, -0.25) is 4.79 Å². The van der Waals surface area contributed by atoms with E-state index in [1.165, 1.54) is 0 Å². The minimum absolute atomic E-state index is 0.0637. The first-order valence-corrected chi connectivity index (χ1v) is 7.14. The minimum Gasteiger partial charge on any atom is -0.397 e. The van der Waals surface area contributed by atoms with E-state index in [1.54, 1.807) is 0 Å². The van der Waals surface area contributed by atoms with E-state index in [0.717, 1.165) is 27.4 Å². The van der Waals surface area contributed by atoms with Crippen molar-refractivity contribution >= 4 is 33.3 Å². The molecule has 0 bridgehead atoms. The number of ketones is 1. The van der Waals surface area contributed by atoms with Crippen LogP contribution in [0.1, 0.15) is 21.7 Å². The van der Waals surface area contributed by atoms with Crippen LogP contribution in [0, 0.1) is 6.92 Å². The number of carbonyl (C=O) groups excluding carboxylic acids is 1. The molecule has 0 aliphatic rings. The monoisotopic (exact) mass is 289 g/mol. The number of nitrogen functional groups attached to an aromatic ring is 1. The first kappa shape index (κ1) is 12.7. The van der Waals surface area contributed by atoms with E-state index in [0.29, 0.717) is 17.1 Å². The van der Waals surface area contributed by atoms with E-state index in [-0.39, 0.29) is 5.78 Å². The third-order valence-electron chi connectivity index (χ3n) is 4.06. The molecule has 0 aliphatic carbocycles. The lowest BCUT2D eigenvalue weighted by molar-refractivity contribution is 0.103. The predicted molar refractivity (Wildman–Crippen MR) is 89.2 cm³/mol. The Balaban J connectivity index is 1.84. The van der Waals surface area contributed by atoms with Crippen molar-refractivity contribution in [2.45, 2.75) is 6.92 Å². The highest BCUT2D eigenvalue weighted by atomic mass is 16.1. The smallest absolute Gasteiger partial charge is 0.225 e. The van der Waals surface area contributed by atoms with Gasteiger partial charge in [0.2, 0.25) is 5.78 Å². The van der Waals surface area contributed by atoms with E-state index in [4.69, 9.17) is 5.73 Å². The molecular formula is C18H15N3O. The Hall–Kier alpha value is -3.01. The Labute approximate surface area is 127 Å². The van der Waals surface area contributed by atoms with Crippen LogP contribution in [-0.2, 0) is 0 Å². The van der Waals surface area contributed by atoms with Crippen LogP contribution in [-0.4, -0.2) is 15.8 Å². The molecule has 0 fully saturated rings. The number of benzene rings is 2. The van der Waals surface area contributed by atoms with Crippen molar-refractivity contribution in [2.75, 3.05) is 5.73 Å². The fourth-order valence-corrected chi connectivity index (χ4v) is 2.88. The van der Waals surface area contributed by atoms with Gasteiger partial charge in [0.15, 0.2) is 0 Å². The normalized spacial score (nSPS) is 11.3. The Morgan fingerprint density at radius 2 is 1.77 bits per heavy atom. The third-order valence-corrected chi connectivity index (χ3v) is 4.06. The third kappa shape index (κ3) is 1.81. The summed E-state index contributed by atoms with van der Waals surface area (Å²) in [5.41, 5.74) is 10.6. The van der Waals surface area contributed by atoms with Crippen LogP contribution in [0.3, 0.4) is 0 Å². The molecule has 0 atom stereocenters. The van der Waals surface area contributed by atoms with Gasteiger partial charge in [0, 0.05) is 16.3 Å². The summed E-state index contributed by atoms with van der Waals surface area (Å²) >= 11 is 0. The number of hydrogen-bond acceptors (Lipinski definition) is 2. The molecule has 4 rings (SSSR count). The molecule has 0 saturated carbocycles. The summed E-state index contributed by atoms with van der Waals surface area (Å²) in [4.78, 5) is 19.0. The fraction of sp³-hybridized carbons (Fsp3) is 0.0556. The van der Waals surface area contributed by atoms with Gasteiger partial charge in [0.05, 0.1) is 22.6 Å².